The zero-order valence-corrected chi connectivity index (χ0v) is 38.4. The summed E-state index contributed by atoms with van der Waals surface area (Å²) in [6.07, 6.45) is 66.2. The quantitative estimate of drug-likeness (QED) is 0.0378. The van der Waals surface area contributed by atoms with E-state index in [1.54, 1.807) is 0 Å². The average Bonchev–Trinajstić information content (AvgIpc) is 3.22. The van der Waals surface area contributed by atoms with Crippen LogP contribution >= 0.6 is 0 Å². The molecule has 0 radical (unpaired) electrons. The normalized spacial score (nSPS) is 12.7. The van der Waals surface area contributed by atoms with Crippen molar-refractivity contribution in [2.75, 3.05) is 19.8 Å². The van der Waals surface area contributed by atoms with Gasteiger partial charge in [-0.05, 0) is 77.0 Å². The van der Waals surface area contributed by atoms with Crippen LogP contribution in [0.4, 0.5) is 0 Å². The Morgan fingerprint density at radius 3 is 1.12 bits per heavy atom. The van der Waals surface area contributed by atoms with Gasteiger partial charge in [-0.3, -0.25) is 4.79 Å². The van der Waals surface area contributed by atoms with E-state index in [1.165, 1.54) is 205 Å². The Hall–Kier alpha value is -1.65. The van der Waals surface area contributed by atoms with Gasteiger partial charge in [0, 0.05) is 13.0 Å². The number of carbonyl (C=O) groups excluding carboxylic acids is 1. The van der Waals surface area contributed by atoms with Crippen molar-refractivity contribution >= 4 is 5.97 Å². The first-order chi connectivity index (χ1) is 28.2. The van der Waals surface area contributed by atoms with E-state index in [-0.39, 0.29) is 12.6 Å². The highest BCUT2D eigenvalue weighted by molar-refractivity contribution is 5.69. The van der Waals surface area contributed by atoms with Crippen molar-refractivity contribution in [3.05, 3.63) is 48.6 Å². The lowest BCUT2D eigenvalue weighted by molar-refractivity contribution is -0.154. The Balaban J connectivity index is 3.43. The maximum atomic E-state index is 12.3. The van der Waals surface area contributed by atoms with Gasteiger partial charge < -0.3 is 14.6 Å². The zero-order chi connectivity index (χ0) is 41.2. The third kappa shape index (κ3) is 48.6. The van der Waals surface area contributed by atoms with Gasteiger partial charge in [0.25, 0.3) is 0 Å². The lowest BCUT2D eigenvalue weighted by atomic mass is 10.1. The number of aliphatic hydroxyl groups is 1. The standard InChI is InChI=1S/C53H98O4/c1-3-5-7-9-11-13-15-17-19-21-23-25-27-28-30-32-34-36-38-40-42-44-46-48-53(55)57-52(50-54)51-56-49-47-45-43-41-39-37-35-33-31-29-26-24-22-20-18-16-14-12-10-8-6-4-2/h15,17,21-24,27-28,52,54H,3-14,16,18-20,25-26,29-51H2,1-2H3/b17-15-,23-21-,24-22-,28-27-. The second kappa shape index (κ2) is 50.5. The molecule has 0 aliphatic heterocycles. The van der Waals surface area contributed by atoms with Gasteiger partial charge in [0.2, 0.25) is 0 Å². The molecule has 1 unspecified atom stereocenters. The van der Waals surface area contributed by atoms with Crippen LogP contribution in [-0.4, -0.2) is 37.0 Å². The summed E-state index contributed by atoms with van der Waals surface area (Å²) in [5, 5.41) is 9.65. The van der Waals surface area contributed by atoms with E-state index >= 15 is 0 Å². The summed E-state index contributed by atoms with van der Waals surface area (Å²) in [6.45, 7) is 5.35. The van der Waals surface area contributed by atoms with Gasteiger partial charge in [0.05, 0.1) is 13.2 Å². The van der Waals surface area contributed by atoms with Crippen LogP contribution in [0.5, 0.6) is 0 Å². The number of hydrogen-bond acceptors (Lipinski definition) is 4. The molecule has 4 heteroatoms. The molecule has 0 aliphatic rings. The summed E-state index contributed by atoms with van der Waals surface area (Å²) >= 11 is 0. The minimum atomic E-state index is -0.540. The van der Waals surface area contributed by atoms with Crippen molar-refractivity contribution in [2.45, 2.75) is 264 Å². The van der Waals surface area contributed by atoms with E-state index < -0.39 is 6.10 Å². The van der Waals surface area contributed by atoms with E-state index in [2.05, 4.69) is 62.5 Å². The topological polar surface area (TPSA) is 55.8 Å². The lowest BCUT2D eigenvalue weighted by Crippen LogP contribution is -2.27. The van der Waals surface area contributed by atoms with Crippen molar-refractivity contribution < 1.29 is 19.4 Å². The Morgan fingerprint density at radius 1 is 0.421 bits per heavy atom. The number of hydrogen-bond donors (Lipinski definition) is 1. The smallest absolute Gasteiger partial charge is 0.306 e. The highest BCUT2D eigenvalue weighted by atomic mass is 16.6. The molecule has 0 saturated carbocycles. The van der Waals surface area contributed by atoms with Gasteiger partial charge >= 0.3 is 5.97 Å². The molecular formula is C53H98O4. The van der Waals surface area contributed by atoms with E-state index in [0.717, 1.165) is 32.1 Å². The first kappa shape index (κ1) is 55.4. The van der Waals surface area contributed by atoms with Crippen LogP contribution in [0.1, 0.15) is 258 Å². The predicted octanol–water partition coefficient (Wildman–Crippen LogP) is 17.0. The summed E-state index contributed by atoms with van der Waals surface area (Å²) in [7, 11) is 0. The minimum absolute atomic E-state index is 0.175. The molecule has 0 aromatic rings. The highest BCUT2D eigenvalue weighted by Crippen LogP contribution is 2.15. The van der Waals surface area contributed by atoms with E-state index in [1.807, 2.05) is 0 Å². The van der Waals surface area contributed by atoms with Crippen molar-refractivity contribution in [1.82, 2.24) is 0 Å². The average molecular weight is 799 g/mol. The Labute approximate surface area is 356 Å². The highest BCUT2D eigenvalue weighted by Gasteiger charge is 2.13. The predicted molar refractivity (Wildman–Crippen MR) is 251 cm³/mol. The molecule has 0 rings (SSSR count). The maximum absolute atomic E-state index is 12.3. The van der Waals surface area contributed by atoms with Gasteiger partial charge in [-0.1, -0.05) is 223 Å². The molecular weight excluding hydrogens is 701 g/mol. The fourth-order valence-corrected chi connectivity index (χ4v) is 7.33. The number of unbranched alkanes of at least 4 members (excludes halogenated alkanes) is 31. The molecule has 0 aromatic heterocycles. The van der Waals surface area contributed by atoms with Crippen molar-refractivity contribution in [1.29, 1.82) is 0 Å². The van der Waals surface area contributed by atoms with Crippen LogP contribution in [0.25, 0.3) is 0 Å². The SMILES string of the molecule is CCCCCCC/C=C\C/C=C\C/C=C\CCCCCCCCCCC(=O)OC(CO)COCCCCCCCCCCCC/C=C\CCCCCCCCCC. The van der Waals surface area contributed by atoms with Gasteiger partial charge in [-0.2, -0.15) is 0 Å². The summed E-state index contributed by atoms with van der Waals surface area (Å²) < 4.78 is 11.2. The summed E-state index contributed by atoms with van der Waals surface area (Å²) in [5.41, 5.74) is 0. The van der Waals surface area contributed by atoms with Crippen LogP contribution in [0.2, 0.25) is 0 Å². The molecule has 0 aliphatic carbocycles. The second-order valence-corrected chi connectivity index (χ2v) is 16.9. The monoisotopic (exact) mass is 799 g/mol. The molecule has 0 bridgehead atoms. The van der Waals surface area contributed by atoms with E-state index in [4.69, 9.17) is 9.47 Å². The Kier molecular flexibility index (Phi) is 49.0. The van der Waals surface area contributed by atoms with Crippen LogP contribution < -0.4 is 0 Å². The Bertz CT molecular complexity index is 889. The van der Waals surface area contributed by atoms with Crippen LogP contribution in [0.15, 0.2) is 48.6 Å². The fourth-order valence-electron chi connectivity index (χ4n) is 7.33. The minimum Gasteiger partial charge on any atom is -0.457 e. The first-order valence-corrected chi connectivity index (χ1v) is 25.2. The number of carbonyl (C=O) groups is 1. The van der Waals surface area contributed by atoms with Gasteiger partial charge in [-0.15, -0.1) is 0 Å². The molecule has 4 nitrogen and oxygen atoms in total. The van der Waals surface area contributed by atoms with Crippen molar-refractivity contribution in [2.24, 2.45) is 0 Å². The van der Waals surface area contributed by atoms with E-state index in [0.29, 0.717) is 19.6 Å². The third-order valence-electron chi connectivity index (χ3n) is 11.1. The molecule has 1 N–H and O–H groups in total. The van der Waals surface area contributed by atoms with Gasteiger partial charge in [0.1, 0.15) is 6.10 Å². The summed E-state index contributed by atoms with van der Waals surface area (Å²) in [6, 6.07) is 0. The molecule has 0 fully saturated rings. The number of ether oxygens (including phenoxy) is 2. The van der Waals surface area contributed by atoms with E-state index in [9.17, 15) is 9.90 Å². The summed E-state index contributed by atoms with van der Waals surface area (Å²) in [4.78, 5) is 12.3. The molecule has 334 valence electrons. The molecule has 0 amide bonds. The van der Waals surface area contributed by atoms with Gasteiger partial charge in [-0.25, -0.2) is 0 Å². The molecule has 0 heterocycles. The van der Waals surface area contributed by atoms with Crippen molar-refractivity contribution in [3.8, 4) is 0 Å². The van der Waals surface area contributed by atoms with Crippen LogP contribution in [-0.2, 0) is 14.3 Å². The zero-order valence-electron chi connectivity index (χ0n) is 38.4. The molecule has 57 heavy (non-hydrogen) atoms. The molecule has 0 aromatic carbocycles. The number of rotatable bonds is 47. The van der Waals surface area contributed by atoms with Crippen LogP contribution in [0, 0.1) is 0 Å². The molecule has 1 atom stereocenters. The van der Waals surface area contributed by atoms with Crippen molar-refractivity contribution in [3.63, 3.8) is 0 Å². The van der Waals surface area contributed by atoms with Crippen LogP contribution in [0.3, 0.4) is 0 Å². The third-order valence-corrected chi connectivity index (χ3v) is 11.1. The maximum Gasteiger partial charge on any atom is 0.306 e. The number of esters is 1. The number of aliphatic hydroxyl groups excluding tert-OH is 1. The molecule has 0 spiro atoms. The fraction of sp³-hybridized carbons (Fsp3) is 0.830. The second-order valence-electron chi connectivity index (χ2n) is 16.9. The Morgan fingerprint density at radius 2 is 0.737 bits per heavy atom. The molecule has 0 saturated heterocycles. The lowest BCUT2D eigenvalue weighted by Gasteiger charge is -2.16. The van der Waals surface area contributed by atoms with Gasteiger partial charge in [0.15, 0.2) is 0 Å². The first-order valence-electron chi connectivity index (χ1n) is 25.2. The number of allylic oxidation sites excluding steroid dienone is 8. The summed E-state index contributed by atoms with van der Waals surface area (Å²) in [5.74, 6) is -0.206. The largest absolute Gasteiger partial charge is 0.457 e.